The van der Waals surface area contributed by atoms with Gasteiger partial charge in [0.1, 0.15) is 5.82 Å². The van der Waals surface area contributed by atoms with Crippen molar-refractivity contribution in [3.05, 3.63) is 45.1 Å². The number of aryl methyl sites for hydroxylation is 1. The van der Waals surface area contributed by atoms with Crippen molar-refractivity contribution < 1.29 is 4.92 Å². The minimum absolute atomic E-state index is 0.0989. The Balaban J connectivity index is 1.80. The number of fused-ring (bicyclic) bond motifs is 1. The zero-order valence-corrected chi connectivity index (χ0v) is 14.7. The molecule has 1 fully saturated rings. The molecule has 0 bridgehead atoms. The van der Waals surface area contributed by atoms with Crippen LogP contribution in [0, 0.1) is 17.0 Å². The summed E-state index contributed by atoms with van der Waals surface area (Å²) in [6.07, 6.45) is 3.31. The molecule has 0 spiro atoms. The first kappa shape index (κ1) is 16.1. The van der Waals surface area contributed by atoms with Crippen molar-refractivity contribution in [2.75, 3.05) is 32.0 Å². The molecule has 1 atom stereocenters. The first-order valence-corrected chi connectivity index (χ1v) is 8.84. The number of nitro benzene ring substituents is 1. The van der Waals surface area contributed by atoms with Gasteiger partial charge in [0.2, 0.25) is 0 Å². The number of likely N-dealkylation sites (tertiary alicyclic amines) is 1. The highest BCUT2D eigenvalue weighted by Crippen LogP contribution is 2.37. The van der Waals surface area contributed by atoms with Crippen LogP contribution in [0.3, 0.4) is 0 Å². The molecule has 1 N–H and O–H groups in total. The maximum absolute atomic E-state index is 11.2. The molecule has 4 rings (SSSR count). The molecule has 132 valence electrons. The van der Waals surface area contributed by atoms with Crippen LogP contribution in [-0.2, 0) is 6.42 Å². The Morgan fingerprint density at radius 3 is 3.00 bits per heavy atom. The van der Waals surface area contributed by atoms with Gasteiger partial charge in [-0.05, 0) is 45.3 Å². The van der Waals surface area contributed by atoms with E-state index >= 15 is 0 Å². The molecule has 2 aliphatic heterocycles. The average molecular weight is 341 g/mol. The molecule has 25 heavy (non-hydrogen) atoms. The van der Waals surface area contributed by atoms with Crippen molar-refractivity contribution in [2.24, 2.45) is 0 Å². The molecule has 0 radical (unpaired) electrons. The van der Waals surface area contributed by atoms with E-state index in [1.54, 1.807) is 18.2 Å². The van der Waals surface area contributed by atoms with Crippen molar-refractivity contribution in [3.8, 4) is 5.69 Å². The fourth-order valence-electron chi connectivity index (χ4n) is 4.03. The van der Waals surface area contributed by atoms with Crippen LogP contribution in [0.25, 0.3) is 5.69 Å². The second-order valence-corrected chi connectivity index (χ2v) is 7.13. The molecule has 7 heteroatoms. The Labute approximate surface area is 146 Å². The number of nitro groups is 1. The van der Waals surface area contributed by atoms with Crippen LogP contribution in [0.5, 0.6) is 0 Å². The van der Waals surface area contributed by atoms with Gasteiger partial charge >= 0.3 is 0 Å². The fraction of sp³-hybridized carbons (Fsp3) is 0.500. The Hall–Kier alpha value is -2.41. The normalized spacial score (nSPS) is 20.3. The summed E-state index contributed by atoms with van der Waals surface area (Å²) in [5.74, 6) is 1.44. The summed E-state index contributed by atoms with van der Waals surface area (Å²) in [5.41, 5.74) is 4.32. The van der Waals surface area contributed by atoms with Crippen molar-refractivity contribution in [2.45, 2.75) is 32.1 Å². The molecule has 2 aromatic rings. The molecule has 3 heterocycles. The van der Waals surface area contributed by atoms with Gasteiger partial charge in [0.05, 0.1) is 16.3 Å². The van der Waals surface area contributed by atoms with Crippen molar-refractivity contribution >= 4 is 11.5 Å². The quantitative estimate of drug-likeness (QED) is 0.686. The van der Waals surface area contributed by atoms with E-state index in [1.807, 2.05) is 11.6 Å². The summed E-state index contributed by atoms with van der Waals surface area (Å²) < 4.78 is 1.88. The summed E-state index contributed by atoms with van der Waals surface area (Å²) >= 11 is 0. The first-order chi connectivity index (χ1) is 12.0. The number of benzene rings is 1. The summed E-state index contributed by atoms with van der Waals surface area (Å²) in [5, 5.41) is 19.5. The van der Waals surface area contributed by atoms with Gasteiger partial charge in [0.15, 0.2) is 0 Å². The van der Waals surface area contributed by atoms with Gasteiger partial charge in [-0.15, -0.1) is 0 Å². The van der Waals surface area contributed by atoms with Crippen molar-refractivity contribution in [3.63, 3.8) is 0 Å². The number of non-ortho nitro benzene ring substituents is 1. The lowest BCUT2D eigenvalue weighted by Crippen LogP contribution is -2.31. The van der Waals surface area contributed by atoms with Crippen LogP contribution in [-0.4, -0.2) is 46.3 Å². The summed E-state index contributed by atoms with van der Waals surface area (Å²) in [4.78, 5) is 13.2. The molecular weight excluding hydrogens is 318 g/mol. The third-order valence-corrected chi connectivity index (χ3v) is 5.32. The van der Waals surface area contributed by atoms with E-state index in [1.165, 1.54) is 12.0 Å². The number of aromatic nitrogens is 2. The highest BCUT2D eigenvalue weighted by atomic mass is 16.6. The minimum atomic E-state index is -0.350. The predicted molar refractivity (Wildman–Crippen MR) is 96.6 cm³/mol. The van der Waals surface area contributed by atoms with E-state index in [-0.39, 0.29) is 10.6 Å². The average Bonchev–Trinajstić information content (AvgIpc) is 3.17. The third-order valence-electron chi connectivity index (χ3n) is 5.32. The van der Waals surface area contributed by atoms with Crippen molar-refractivity contribution in [1.82, 2.24) is 14.7 Å². The van der Waals surface area contributed by atoms with Gasteiger partial charge in [-0.25, -0.2) is 4.68 Å². The van der Waals surface area contributed by atoms with E-state index in [0.29, 0.717) is 5.92 Å². The number of hydrogen-bond acceptors (Lipinski definition) is 5. The standard InChI is InChI=1S/C18H23N5O2/c1-12-5-6-14(23(24)25)10-16(12)22-18-15(7-8-19-18)17(20-22)13-4-3-9-21(2)11-13/h5-6,10,13,19H,3-4,7-9,11H2,1-2H3. The van der Waals surface area contributed by atoms with Gasteiger partial charge in [0, 0.05) is 36.7 Å². The van der Waals surface area contributed by atoms with Crippen LogP contribution in [0.2, 0.25) is 0 Å². The molecule has 1 aromatic carbocycles. The van der Waals surface area contributed by atoms with Crippen LogP contribution in [0.4, 0.5) is 11.5 Å². The van der Waals surface area contributed by atoms with Crippen LogP contribution in [0.1, 0.15) is 35.6 Å². The van der Waals surface area contributed by atoms with E-state index < -0.39 is 0 Å². The maximum atomic E-state index is 11.2. The Morgan fingerprint density at radius 1 is 1.40 bits per heavy atom. The number of hydrogen-bond donors (Lipinski definition) is 1. The third kappa shape index (κ3) is 2.78. The topological polar surface area (TPSA) is 76.2 Å². The smallest absolute Gasteiger partial charge is 0.271 e. The minimum Gasteiger partial charge on any atom is -0.369 e. The highest BCUT2D eigenvalue weighted by molar-refractivity contribution is 5.60. The summed E-state index contributed by atoms with van der Waals surface area (Å²) in [6.45, 7) is 5.03. The molecular formula is C18H23N5O2. The summed E-state index contributed by atoms with van der Waals surface area (Å²) in [6, 6.07) is 4.97. The largest absolute Gasteiger partial charge is 0.369 e. The van der Waals surface area contributed by atoms with Gasteiger partial charge in [-0.1, -0.05) is 6.07 Å². The van der Waals surface area contributed by atoms with E-state index in [2.05, 4.69) is 17.3 Å². The number of rotatable bonds is 3. The van der Waals surface area contributed by atoms with Crippen LogP contribution in [0.15, 0.2) is 18.2 Å². The highest BCUT2D eigenvalue weighted by Gasteiger charge is 2.30. The number of nitrogens with one attached hydrogen (secondary N) is 1. The lowest BCUT2D eigenvalue weighted by molar-refractivity contribution is -0.384. The van der Waals surface area contributed by atoms with E-state index in [0.717, 1.165) is 55.2 Å². The Morgan fingerprint density at radius 2 is 2.24 bits per heavy atom. The number of nitrogens with zero attached hydrogens (tertiary/aromatic N) is 4. The monoisotopic (exact) mass is 341 g/mol. The Kier molecular flexibility index (Phi) is 3.95. The number of likely N-dealkylation sites (N-methyl/N-ethyl adjacent to an activating group) is 1. The SMILES string of the molecule is Cc1ccc([N+](=O)[O-])cc1-n1nc(C2CCCN(C)C2)c2c1NCC2. The van der Waals surface area contributed by atoms with Gasteiger partial charge in [0.25, 0.3) is 5.69 Å². The second kappa shape index (κ2) is 6.15. The van der Waals surface area contributed by atoms with E-state index in [4.69, 9.17) is 5.10 Å². The molecule has 1 aromatic heterocycles. The fourth-order valence-corrected chi connectivity index (χ4v) is 4.03. The molecule has 0 saturated carbocycles. The number of anilines is 1. The molecule has 2 aliphatic rings. The first-order valence-electron chi connectivity index (χ1n) is 8.84. The predicted octanol–water partition coefficient (Wildman–Crippen LogP) is 2.87. The van der Waals surface area contributed by atoms with Gasteiger partial charge < -0.3 is 10.2 Å². The Bertz CT molecular complexity index is 829. The van der Waals surface area contributed by atoms with Gasteiger partial charge in [-0.2, -0.15) is 5.10 Å². The molecule has 7 nitrogen and oxygen atoms in total. The second-order valence-electron chi connectivity index (χ2n) is 7.13. The maximum Gasteiger partial charge on any atom is 0.271 e. The molecule has 1 unspecified atom stereocenters. The lowest BCUT2D eigenvalue weighted by atomic mass is 9.92. The van der Waals surface area contributed by atoms with Crippen LogP contribution < -0.4 is 5.32 Å². The molecule has 0 amide bonds. The van der Waals surface area contributed by atoms with Crippen molar-refractivity contribution in [1.29, 1.82) is 0 Å². The molecule has 0 aliphatic carbocycles. The summed E-state index contributed by atoms with van der Waals surface area (Å²) in [7, 11) is 2.16. The number of piperidine rings is 1. The molecule has 1 saturated heterocycles. The zero-order chi connectivity index (χ0) is 17.6. The zero-order valence-electron chi connectivity index (χ0n) is 14.7. The van der Waals surface area contributed by atoms with E-state index in [9.17, 15) is 10.1 Å². The van der Waals surface area contributed by atoms with Crippen LogP contribution >= 0.6 is 0 Å². The van der Waals surface area contributed by atoms with Gasteiger partial charge in [-0.3, -0.25) is 10.1 Å². The lowest BCUT2D eigenvalue weighted by Gasteiger charge is -2.29.